The molecular formula is C19H25BrN2O4S. The van der Waals surface area contributed by atoms with Crippen LogP contribution in [0.1, 0.15) is 12.0 Å². The van der Waals surface area contributed by atoms with E-state index in [1.54, 1.807) is 6.07 Å². The van der Waals surface area contributed by atoms with Crippen LogP contribution >= 0.6 is 15.9 Å². The third-order valence-electron chi connectivity index (χ3n) is 4.03. The summed E-state index contributed by atoms with van der Waals surface area (Å²) in [4.78, 5) is 2.29. The highest BCUT2D eigenvalue weighted by molar-refractivity contribution is 9.10. The number of hydrogen-bond donors (Lipinski definition) is 1. The number of ether oxygens (including phenoxy) is 2. The van der Waals surface area contributed by atoms with Crippen molar-refractivity contribution in [3.8, 4) is 11.5 Å². The van der Waals surface area contributed by atoms with Gasteiger partial charge in [-0.05, 0) is 47.6 Å². The summed E-state index contributed by atoms with van der Waals surface area (Å²) in [5, 5.41) is 0. The first-order chi connectivity index (χ1) is 12.9. The highest BCUT2D eigenvalue weighted by atomic mass is 79.9. The Morgan fingerprint density at radius 1 is 1.07 bits per heavy atom. The predicted molar refractivity (Wildman–Crippen MR) is 110 cm³/mol. The number of methoxy groups -OCH3 is 2. The van der Waals surface area contributed by atoms with Crippen molar-refractivity contribution in [2.45, 2.75) is 17.9 Å². The summed E-state index contributed by atoms with van der Waals surface area (Å²) in [5.74, 6) is 0.828. The molecule has 148 valence electrons. The van der Waals surface area contributed by atoms with Crippen molar-refractivity contribution in [1.29, 1.82) is 0 Å². The zero-order valence-corrected chi connectivity index (χ0v) is 18.1. The Hall–Kier alpha value is -1.61. The summed E-state index contributed by atoms with van der Waals surface area (Å²) >= 11 is 3.29. The molecule has 0 bridgehead atoms. The van der Waals surface area contributed by atoms with E-state index in [0.717, 1.165) is 13.1 Å². The van der Waals surface area contributed by atoms with Gasteiger partial charge in [0.05, 0.1) is 14.2 Å². The van der Waals surface area contributed by atoms with Gasteiger partial charge in [-0.3, -0.25) is 0 Å². The highest BCUT2D eigenvalue weighted by Gasteiger charge is 2.20. The zero-order chi connectivity index (χ0) is 19.9. The van der Waals surface area contributed by atoms with Gasteiger partial charge in [0.25, 0.3) is 0 Å². The normalized spacial score (nSPS) is 11.6. The first-order valence-corrected chi connectivity index (χ1v) is 10.8. The van der Waals surface area contributed by atoms with Crippen LogP contribution in [0.2, 0.25) is 0 Å². The van der Waals surface area contributed by atoms with Gasteiger partial charge < -0.3 is 14.4 Å². The monoisotopic (exact) mass is 456 g/mol. The molecule has 0 atom stereocenters. The number of halogens is 1. The predicted octanol–water partition coefficient (Wildman–Crippen LogP) is 3.27. The molecule has 0 fully saturated rings. The molecule has 27 heavy (non-hydrogen) atoms. The van der Waals surface area contributed by atoms with Crippen molar-refractivity contribution in [2.24, 2.45) is 0 Å². The third-order valence-corrected chi connectivity index (χ3v) is 6.45. The van der Waals surface area contributed by atoms with E-state index in [-0.39, 0.29) is 4.90 Å². The van der Waals surface area contributed by atoms with Gasteiger partial charge in [-0.25, -0.2) is 13.1 Å². The first-order valence-electron chi connectivity index (χ1n) is 8.51. The minimum Gasteiger partial charge on any atom is -0.493 e. The quantitative estimate of drug-likeness (QED) is 0.555. The van der Waals surface area contributed by atoms with Gasteiger partial charge in [0, 0.05) is 23.6 Å². The molecule has 2 rings (SSSR count). The molecule has 0 aliphatic rings. The molecule has 2 aromatic rings. The van der Waals surface area contributed by atoms with Crippen LogP contribution in [0.4, 0.5) is 0 Å². The Kier molecular flexibility index (Phi) is 8.09. The smallest absolute Gasteiger partial charge is 0.241 e. The lowest BCUT2D eigenvalue weighted by molar-refractivity contribution is 0.322. The topological polar surface area (TPSA) is 67.9 Å². The fourth-order valence-corrected chi connectivity index (χ4v) is 4.76. The van der Waals surface area contributed by atoms with Crippen molar-refractivity contribution in [1.82, 2.24) is 9.62 Å². The van der Waals surface area contributed by atoms with E-state index in [9.17, 15) is 8.42 Å². The van der Waals surface area contributed by atoms with Crippen molar-refractivity contribution >= 4 is 26.0 Å². The Morgan fingerprint density at radius 2 is 1.70 bits per heavy atom. The van der Waals surface area contributed by atoms with Crippen LogP contribution in [0.5, 0.6) is 11.5 Å². The largest absolute Gasteiger partial charge is 0.493 e. The minimum atomic E-state index is -3.66. The second kappa shape index (κ2) is 10.1. The summed E-state index contributed by atoms with van der Waals surface area (Å²) in [5.41, 5.74) is 1.23. The van der Waals surface area contributed by atoms with E-state index < -0.39 is 10.0 Å². The van der Waals surface area contributed by atoms with Crippen LogP contribution < -0.4 is 14.2 Å². The molecule has 0 amide bonds. The zero-order valence-electron chi connectivity index (χ0n) is 15.7. The van der Waals surface area contributed by atoms with Gasteiger partial charge in [0.1, 0.15) is 4.90 Å². The molecular weight excluding hydrogens is 432 g/mol. The van der Waals surface area contributed by atoms with E-state index >= 15 is 0 Å². The van der Waals surface area contributed by atoms with Crippen LogP contribution in [0, 0.1) is 0 Å². The maximum Gasteiger partial charge on any atom is 0.241 e. The SMILES string of the molecule is COc1cc(Br)c(S(=O)(=O)NCCCN(C)Cc2ccccc2)cc1OC. The number of rotatable bonds is 10. The fraction of sp³-hybridized carbons (Fsp3) is 0.368. The Balaban J connectivity index is 1.91. The van der Waals surface area contributed by atoms with Crippen molar-refractivity contribution in [3.63, 3.8) is 0 Å². The molecule has 8 heteroatoms. The van der Waals surface area contributed by atoms with Gasteiger partial charge in [-0.15, -0.1) is 0 Å². The number of sulfonamides is 1. The second-order valence-electron chi connectivity index (χ2n) is 6.11. The lowest BCUT2D eigenvalue weighted by atomic mass is 10.2. The molecule has 0 aliphatic carbocycles. The van der Waals surface area contributed by atoms with Crippen LogP contribution in [0.15, 0.2) is 51.8 Å². The molecule has 0 radical (unpaired) electrons. The van der Waals surface area contributed by atoms with Gasteiger partial charge in [-0.2, -0.15) is 0 Å². The second-order valence-corrected chi connectivity index (χ2v) is 8.70. The molecule has 0 aromatic heterocycles. The molecule has 0 heterocycles. The number of nitrogens with zero attached hydrogens (tertiary/aromatic N) is 1. The number of hydrogen-bond acceptors (Lipinski definition) is 5. The average molecular weight is 457 g/mol. The summed E-state index contributed by atoms with van der Waals surface area (Å²) in [6.07, 6.45) is 0.702. The molecule has 0 unspecified atom stereocenters. The Bertz CT molecular complexity index is 844. The summed E-state index contributed by atoms with van der Waals surface area (Å²) in [6.45, 7) is 1.96. The Labute approximate surface area is 169 Å². The van der Waals surface area contributed by atoms with Crippen molar-refractivity contribution in [2.75, 3.05) is 34.4 Å². The molecule has 0 spiro atoms. The summed E-state index contributed by atoms with van der Waals surface area (Å²) < 4.78 is 38.7. The maximum atomic E-state index is 12.6. The van der Waals surface area contributed by atoms with Crippen LogP contribution in [-0.2, 0) is 16.6 Å². The molecule has 6 nitrogen and oxygen atoms in total. The lowest BCUT2D eigenvalue weighted by Gasteiger charge is -2.17. The van der Waals surface area contributed by atoms with E-state index in [1.807, 2.05) is 25.2 Å². The standard InChI is InChI=1S/C19H25BrN2O4S/c1-22(14-15-8-5-4-6-9-15)11-7-10-21-27(23,24)19-13-18(26-3)17(25-2)12-16(19)20/h4-6,8-9,12-13,21H,7,10-11,14H2,1-3H3. The minimum absolute atomic E-state index is 0.123. The van der Waals surface area contributed by atoms with Crippen molar-refractivity contribution < 1.29 is 17.9 Å². The van der Waals surface area contributed by atoms with Crippen LogP contribution in [0.3, 0.4) is 0 Å². The van der Waals surface area contributed by atoms with Gasteiger partial charge >= 0.3 is 0 Å². The molecule has 0 saturated carbocycles. The Morgan fingerprint density at radius 3 is 2.33 bits per heavy atom. The fourth-order valence-electron chi connectivity index (χ4n) is 2.65. The maximum absolute atomic E-state index is 12.6. The van der Waals surface area contributed by atoms with E-state index in [0.29, 0.717) is 28.9 Å². The molecule has 1 N–H and O–H groups in total. The average Bonchev–Trinajstić information content (AvgIpc) is 2.65. The molecule has 0 aliphatic heterocycles. The number of nitrogens with one attached hydrogen (secondary N) is 1. The van der Waals surface area contributed by atoms with E-state index in [2.05, 4.69) is 37.7 Å². The van der Waals surface area contributed by atoms with Crippen LogP contribution in [0.25, 0.3) is 0 Å². The number of benzene rings is 2. The van der Waals surface area contributed by atoms with Gasteiger partial charge in [0.15, 0.2) is 11.5 Å². The van der Waals surface area contributed by atoms with Gasteiger partial charge in [-0.1, -0.05) is 30.3 Å². The lowest BCUT2D eigenvalue weighted by Crippen LogP contribution is -2.28. The van der Waals surface area contributed by atoms with E-state index in [4.69, 9.17) is 9.47 Å². The highest BCUT2D eigenvalue weighted by Crippen LogP contribution is 2.35. The van der Waals surface area contributed by atoms with E-state index in [1.165, 1.54) is 25.8 Å². The van der Waals surface area contributed by atoms with Crippen molar-refractivity contribution in [3.05, 3.63) is 52.5 Å². The third kappa shape index (κ3) is 6.21. The summed E-state index contributed by atoms with van der Waals surface area (Å²) in [7, 11) is 1.34. The molecule has 0 saturated heterocycles. The molecule has 2 aromatic carbocycles. The first kappa shape index (κ1) is 21.7. The van der Waals surface area contributed by atoms with Gasteiger partial charge in [0.2, 0.25) is 10.0 Å². The van der Waals surface area contributed by atoms with Crippen LogP contribution in [-0.4, -0.2) is 47.7 Å². The summed E-state index contributed by atoms with van der Waals surface area (Å²) in [6, 6.07) is 13.2.